The van der Waals surface area contributed by atoms with Crippen LogP contribution in [0.25, 0.3) is 50.8 Å². The monoisotopic (exact) mass is 734 g/mol. The Bertz CT molecular complexity index is 2760. The molecule has 0 bridgehead atoms. The molecule has 3 aromatic heterocycles. The molecule has 6 nitrogen and oxygen atoms in total. The minimum absolute atomic E-state index is 0.00302. The predicted octanol–water partition coefficient (Wildman–Crippen LogP) is 11.3. The fourth-order valence-electron chi connectivity index (χ4n) is 6.97. The third kappa shape index (κ3) is 7.32. The van der Waals surface area contributed by atoms with Crippen molar-refractivity contribution in [1.29, 1.82) is 0 Å². The Labute approximate surface area is 323 Å². The maximum atomic E-state index is 14.6. The summed E-state index contributed by atoms with van der Waals surface area (Å²) < 4.78 is 29.2. The van der Waals surface area contributed by atoms with E-state index in [1.807, 2.05) is 117 Å². The summed E-state index contributed by atoms with van der Waals surface area (Å²) in [6.45, 7) is 7.98. The van der Waals surface area contributed by atoms with Crippen LogP contribution < -0.4 is 5.32 Å². The van der Waals surface area contributed by atoms with Gasteiger partial charge in [-0.1, -0.05) is 97.7 Å². The van der Waals surface area contributed by atoms with Crippen molar-refractivity contribution in [3.63, 3.8) is 0 Å². The molecule has 8 rings (SSSR count). The van der Waals surface area contributed by atoms with Crippen molar-refractivity contribution in [2.45, 2.75) is 19.9 Å². The van der Waals surface area contributed by atoms with Crippen LogP contribution in [0.5, 0.6) is 0 Å². The normalized spacial score (nSPS) is 15.7. The van der Waals surface area contributed by atoms with E-state index in [1.54, 1.807) is 12.4 Å². The number of aliphatic imine (C=N–C) groups is 2. The van der Waals surface area contributed by atoms with Gasteiger partial charge in [-0.25, -0.2) is 18.8 Å². The topological polar surface area (TPSA) is 75.4 Å². The highest BCUT2D eigenvalue weighted by molar-refractivity contribution is 6.13. The first kappa shape index (κ1) is 35.8. The Morgan fingerprint density at radius 3 is 2.46 bits per heavy atom. The molecule has 0 saturated carbocycles. The molecule has 4 heterocycles. The zero-order valence-electron chi connectivity index (χ0n) is 30.8. The molecule has 0 amide bonds. The predicted molar refractivity (Wildman–Crippen MR) is 226 cm³/mol. The van der Waals surface area contributed by atoms with Crippen LogP contribution in [-0.4, -0.2) is 26.5 Å². The first-order chi connectivity index (χ1) is 27.4. The minimum atomic E-state index is -0.730. The van der Waals surface area contributed by atoms with E-state index in [9.17, 15) is 8.78 Å². The highest BCUT2D eigenvalue weighted by atomic mass is 19.1. The summed E-state index contributed by atoms with van der Waals surface area (Å²) in [6.07, 6.45) is 25.3. The zero-order chi connectivity index (χ0) is 38.6. The van der Waals surface area contributed by atoms with Gasteiger partial charge in [-0.2, -0.15) is 0 Å². The molecule has 3 aromatic carbocycles. The van der Waals surface area contributed by atoms with Gasteiger partial charge >= 0.3 is 0 Å². The second-order valence-electron chi connectivity index (χ2n) is 13.3. The van der Waals surface area contributed by atoms with Crippen LogP contribution >= 0.6 is 0 Å². The van der Waals surface area contributed by atoms with Gasteiger partial charge in [0.15, 0.2) is 5.84 Å². The van der Waals surface area contributed by atoms with E-state index in [1.165, 1.54) is 12.1 Å². The molecule has 0 spiro atoms. The maximum Gasteiger partial charge on any atom is 0.160 e. The molecule has 272 valence electrons. The number of nitrogens with one attached hydrogen (secondary N) is 1. The lowest BCUT2D eigenvalue weighted by Crippen LogP contribution is -2.23. The van der Waals surface area contributed by atoms with Gasteiger partial charge in [0.1, 0.15) is 11.6 Å². The molecule has 1 N–H and O–H groups in total. The van der Waals surface area contributed by atoms with Crippen LogP contribution in [0.2, 0.25) is 0 Å². The molecule has 1 aliphatic heterocycles. The summed E-state index contributed by atoms with van der Waals surface area (Å²) in [4.78, 5) is 23.5. The van der Waals surface area contributed by atoms with E-state index in [-0.39, 0.29) is 17.4 Å². The molecule has 2 aliphatic rings. The fraction of sp³-hybridized carbons (Fsp3) is 0.0625. The van der Waals surface area contributed by atoms with E-state index in [2.05, 4.69) is 46.2 Å². The zero-order valence-corrected chi connectivity index (χ0v) is 30.8. The quantitative estimate of drug-likeness (QED) is 0.0731. The first-order valence-electron chi connectivity index (χ1n) is 18.2. The van der Waals surface area contributed by atoms with E-state index < -0.39 is 11.6 Å². The van der Waals surface area contributed by atoms with Crippen molar-refractivity contribution in [3.8, 4) is 11.1 Å². The van der Waals surface area contributed by atoms with Gasteiger partial charge in [-0.3, -0.25) is 15.0 Å². The molecule has 0 radical (unpaired) electrons. The highest BCUT2D eigenvalue weighted by Gasteiger charge is 2.24. The van der Waals surface area contributed by atoms with Crippen molar-refractivity contribution in [3.05, 3.63) is 203 Å². The number of aromatic nitrogens is 3. The van der Waals surface area contributed by atoms with Crippen LogP contribution in [0.15, 0.2) is 174 Å². The number of pyridine rings is 3. The molecule has 8 heteroatoms. The fourth-order valence-corrected chi connectivity index (χ4v) is 6.97. The van der Waals surface area contributed by atoms with Crippen molar-refractivity contribution < 1.29 is 8.78 Å². The van der Waals surface area contributed by atoms with Gasteiger partial charge in [-0.15, -0.1) is 0 Å². The molecule has 1 aliphatic carbocycles. The maximum absolute atomic E-state index is 14.6. The number of allylic oxidation sites excluding steroid dienone is 7. The summed E-state index contributed by atoms with van der Waals surface area (Å²) >= 11 is 0. The van der Waals surface area contributed by atoms with Crippen molar-refractivity contribution in [2.24, 2.45) is 9.98 Å². The number of rotatable bonds is 8. The van der Waals surface area contributed by atoms with Crippen molar-refractivity contribution in [1.82, 2.24) is 20.3 Å². The summed E-state index contributed by atoms with van der Waals surface area (Å²) in [5.74, 6) is -1.33. The number of amidine groups is 1. The Morgan fingerprint density at radius 1 is 0.839 bits per heavy atom. The van der Waals surface area contributed by atoms with E-state index in [4.69, 9.17) is 15.0 Å². The van der Waals surface area contributed by atoms with Crippen LogP contribution in [-0.2, 0) is 0 Å². The van der Waals surface area contributed by atoms with Gasteiger partial charge < -0.3 is 5.32 Å². The Morgan fingerprint density at radius 2 is 1.64 bits per heavy atom. The SMILES string of the molecule is C=C(N=C(N=C(C)C(/C=C\C)=C/C=C/c1ccnc2c1ccc1cccnc12)c1cc(F)cc(F)c1)c1ccc(-c2ccnc3c2C=CC2=CC=CNC23)cc1. The average molecular weight is 735 g/mol. The number of hydrogen-bond acceptors (Lipinski definition) is 5. The standard InChI is InChI=1S/C48H36F2N6/c1-4-8-32(9-5-10-34-21-25-53-46-42(34)19-17-36-11-6-23-51-44(36)46)30(2)55-48(38-27-39(49)29-40(50)28-38)56-31(3)33-13-15-35(16-14-33)41-22-26-54-47-43(41)20-18-37-12-7-24-52-45(37)47/h4-29,45,52H,3H2,1-2H3/b8-4-,10-5+,32-9+,55-30?,56-48?. The third-order valence-electron chi connectivity index (χ3n) is 9.71. The van der Waals surface area contributed by atoms with Gasteiger partial charge in [0, 0.05) is 52.3 Å². The Hall–Kier alpha value is -7.19. The van der Waals surface area contributed by atoms with E-state index in [0.717, 1.165) is 72.5 Å². The first-order valence-corrected chi connectivity index (χ1v) is 18.2. The smallest absolute Gasteiger partial charge is 0.160 e. The largest absolute Gasteiger partial charge is 0.379 e. The molecule has 1 atom stereocenters. The van der Waals surface area contributed by atoms with Crippen LogP contribution in [0.4, 0.5) is 8.78 Å². The number of nitrogens with zero attached hydrogens (tertiary/aromatic N) is 5. The van der Waals surface area contributed by atoms with Gasteiger partial charge in [-0.05, 0) is 89.9 Å². The molecule has 0 fully saturated rings. The van der Waals surface area contributed by atoms with Gasteiger partial charge in [0.05, 0.1) is 28.5 Å². The Kier molecular flexibility index (Phi) is 10.0. The third-order valence-corrected chi connectivity index (χ3v) is 9.71. The number of halogens is 2. The summed E-state index contributed by atoms with van der Waals surface area (Å²) in [5, 5.41) is 5.42. The summed E-state index contributed by atoms with van der Waals surface area (Å²) in [6, 6.07) is 23.2. The van der Waals surface area contributed by atoms with Crippen LogP contribution in [0, 0.1) is 11.6 Å². The lowest BCUT2D eigenvalue weighted by molar-refractivity contribution is 0.583. The minimum Gasteiger partial charge on any atom is -0.379 e. The molecular formula is C48H36F2N6. The number of fused-ring (bicyclic) bond motifs is 6. The molecule has 1 unspecified atom stereocenters. The lowest BCUT2D eigenvalue weighted by Gasteiger charge is -2.27. The second-order valence-corrected chi connectivity index (χ2v) is 13.3. The van der Waals surface area contributed by atoms with E-state index >= 15 is 0 Å². The second kappa shape index (κ2) is 15.7. The van der Waals surface area contributed by atoms with Gasteiger partial charge in [0.2, 0.25) is 0 Å². The molecule has 56 heavy (non-hydrogen) atoms. The van der Waals surface area contributed by atoms with E-state index in [0.29, 0.717) is 11.4 Å². The molecular weight excluding hydrogens is 699 g/mol. The van der Waals surface area contributed by atoms with Crippen molar-refractivity contribution >= 4 is 51.2 Å². The van der Waals surface area contributed by atoms with Crippen LogP contribution in [0.3, 0.4) is 0 Å². The average Bonchev–Trinajstić information content (AvgIpc) is 3.22. The Balaban J connectivity index is 1.11. The van der Waals surface area contributed by atoms with Crippen LogP contribution in [0.1, 0.15) is 47.8 Å². The summed E-state index contributed by atoms with van der Waals surface area (Å²) in [7, 11) is 0. The van der Waals surface area contributed by atoms with Gasteiger partial charge in [0.25, 0.3) is 0 Å². The summed E-state index contributed by atoms with van der Waals surface area (Å²) in [5.41, 5.74) is 10.6. The molecule has 0 saturated heterocycles. The lowest BCUT2D eigenvalue weighted by atomic mass is 9.87. The molecule has 6 aromatic rings. The highest BCUT2D eigenvalue weighted by Crippen LogP contribution is 2.37. The number of benzene rings is 3. The number of dihydropyridines is 1. The van der Waals surface area contributed by atoms with Crippen molar-refractivity contribution in [2.75, 3.05) is 0 Å². The number of hydrogen-bond donors (Lipinski definition) is 1.